The van der Waals surface area contributed by atoms with Gasteiger partial charge >= 0.3 is 0 Å². The van der Waals surface area contributed by atoms with Crippen LogP contribution >= 0.6 is 0 Å². The summed E-state index contributed by atoms with van der Waals surface area (Å²) in [6.45, 7) is 0. The zero-order valence-electron chi connectivity index (χ0n) is 13.8. The summed E-state index contributed by atoms with van der Waals surface area (Å²) in [6, 6.07) is 25.2. The van der Waals surface area contributed by atoms with E-state index in [1.807, 2.05) is 48.5 Å². The fraction of sp³-hybridized carbons (Fsp3) is 0. The van der Waals surface area contributed by atoms with Crippen LogP contribution in [0, 0.1) is 10.1 Å². The van der Waals surface area contributed by atoms with Crippen LogP contribution in [0.3, 0.4) is 0 Å². The highest BCUT2D eigenvalue weighted by molar-refractivity contribution is 6.15. The van der Waals surface area contributed by atoms with Crippen molar-refractivity contribution in [2.24, 2.45) is 0 Å². The van der Waals surface area contributed by atoms with E-state index in [9.17, 15) is 10.1 Å². The van der Waals surface area contributed by atoms with Crippen LogP contribution in [0.25, 0.3) is 33.0 Å². The summed E-state index contributed by atoms with van der Waals surface area (Å²) >= 11 is 0. The van der Waals surface area contributed by atoms with Crippen LogP contribution < -0.4 is 5.32 Å². The number of rotatable bonds is 2. The van der Waals surface area contributed by atoms with Crippen LogP contribution in [0.4, 0.5) is 17.1 Å². The number of para-hydroxylation sites is 2. The van der Waals surface area contributed by atoms with Gasteiger partial charge in [-0.2, -0.15) is 0 Å². The Morgan fingerprint density at radius 2 is 1.38 bits per heavy atom. The van der Waals surface area contributed by atoms with Crippen LogP contribution in [0.2, 0.25) is 0 Å². The molecule has 4 nitrogen and oxygen atoms in total. The predicted octanol–water partition coefficient (Wildman–Crippen LogP) is 6.14. The molecule has 0 spiro atoms. The molecule has 5 rings (SSSR count). The fourth-order valence-electron chi connectivity index (χ4n) is 3.80. The molecule has 0 saturated heterocycles. The molecule has 4 aromatic rings. The molecule has 1 aliphatic heterocycles. The second kappa shape index (κ2) is 5.43. The Labute approximate surface area is 149 Å². The third-order valence-electron chi connectivity index (χ3n) is 4.92. The Morgan fingerprint density at radius 1 is 0.654 bits per heavy atom. The maximum absolute atomic E-state index is 11.5. The molecule has 0 saturated carbocycles. The van der Waals surface area contributed by atoms with Gasteiger partial charge in [0.2, 0.25) is 0 Å². The molecule has 0 atom stereocenters. The lowest BCUT2D eigenvalue weighted by Crippen LogP contribution is -2.01. The van der Waals surface area contributed by atoms with Gasteiger partial charge in [0, 0.05) is 28.4 Å². The highest BCUT2D eigenvalue weighted by Crippen LogP contribution is 2.46. The van der Waals surface area contributed by atoms with E-state index >= 15 is 0 Å². The first-order valence-electron chi connectivity index (χ1n) is 8.40. The number of nitrogens with zero attached hydrogens (tertiary/aromatic N) is 1. The van der Waals surface area contributed by atoms with Gasteiger partial charge in [0.1, 0.15) is 0 Å². The fourth-order valence-corrected chi connectivity index (χ4v) is 3.80. The molecule has 1 N–H and O–H groups in total. The molecule has 0 aromatic heterocycles. The molecule has 1 aliphatic rings. The minimum absolute atomic E-state index is 0.123. The van der Waals surface area contributed by atoms with Gasteiger partial charge in [-0.25, -0.2) is 0 Å². The van der Waals surface area contributed by atoms with Crippen molar-refractivity contribution < 1.29 is 4.92 Å². The van der Waals surface area contributed by atoms with Crippen LogP contribution in [-0.4, -0.2) is 4.92 Å². The van der Waals surface area contributed by atoms with Crippen molar-refractivity contribution >= 4 is 27.8 Å². The van der Waals surface area contributed by atoms with Crippen molar-refractivity contribution in [2.45, 2.75) is 0 Å². The first kappa shape index (κ1) is 14.7. The summed E-state index contributed by atoms with van der Waals surface area (Å²) < 4.78 is 0. The number of benzene rings is 4. The van der Waals surface area contributed by atoms with Crippen molar-refractivity contribution in [1.29, 1.82) is 0 Å². The van der Waals surface area contributed by atoms with E-state index in [-0.39, 0.29) is 10.6 Å². The first-order valence-corrected chi connectivity index (χ1v) is 8.40. The molecule has 0 radical (unpaired) electrons. The largest absolute Gasteiger partial charge is 0.354 e. The number of nitro groups is 1. The van der Waals surface area contributed by atoms with E-state index in [2.05, 4.69) is 23.5 Å². The smallest absolute Gasteiger partial charge is 0.277 e. The number of anilines is 2. The standard InChI is InChI=1S/C22H14N2O2/c25-24(26)21-11-4-2-7-16(21)14-12-13-20-22-17(14)8-5-9-18(22)15-6-1-3-10-19(15)23-20/h1-13,23H. The SMILES string of the molecule is O=[N+]([O-])c1ccccc1-c1ccc2c3c(cccc13)-c1ccccc1N2. The van der Waals surface area contributed by atoms with Gasteiger partial charge in [-0.3, -0.25) is 10.1 Å². The predicted molar refractivity (Wildman–Crippen MR) is 105 cm³/mol. The van der Waals surface area contributed by atoms with Gasteiger partial charge in [0.05, 0.1) is 10.5 Å². The molecule has 26 heavy (non-hydrogen) atoms. The van der Waals surface area contributed by atoms with Crippen molar-refractivity contribution in [3.05, 3.63) is 89.0 Å². The van der Waals surface area contributed by atoms with Gasteiger partial charge < -0.3 is 5.32 Å². The molecule has 0 unspecified atom stereocenters. The molecular weight excluding hydrogens is 324 g/mol. The lowest BCUT2D eigenvalue weighted by atomic mass is 9.88. The molecule has 0 aliphatic carbocycles. The summed E-state index contributed by atoms with van der Waals surface area (Å²) in [5.74, 6) is 0. The molecule has 1 heterocycles. The highest BCUT2D eigenvalue weighted by Gasteiger charge is 2.22. The number of nitrogens with one attached hydrogen (secondary N) is 1. The number of hydrogen-bond donors (Lipinski definition) is 1. The first-order chi connectivity index (χ1) is 12.7. The van der Waals surface area contributed by atoms with Crippen LogP contribution in [-0.2, 0) is 0 Å². The second-order valence-corrected chi connectivity index (χ2v) is 6.33. The van der Waals surface area contributed by atoms with Gasteiger partial charge in [-0.1, -0.05) is 54.6 Å². The molecule has 0 bridgehead atoms. The quantitative estimate of drug-likeness (QED) is 0.311. The van der Waals surface area contributed by atoms with Gasteiger partial charge in [0.25, 0.3) is 5.69 Å². The molecule has 0 fully saturated rings. The van der Waals surface area contributed by atoms with E-state index in [1.165, 1.54) is 0 Å². The number of nitro benzene ring substituents is 1. The average Bonchev–Trinajstić information content (AvgIpc) is 2.68. The van der Waals surface area contributed by atoms with Crippen LogP contribution in [0.15, 0.2) is 78.9 Å². The van der Waals surface area contributed by atoms with Crippen molar-refractivity contribution in [3.8, 4) is 22.3 Å². The third kappa shape index (κ3) is 2.02. The van der Waals surface area contributed by atoms with Crippen molar-refractivity contribution in [1.82, 2.24) is 0 Å². The number of hydrogen-bond acceptors (Lipinski definition) is 3. The van der Waals surface area contributed by atoms with Crippen molar-refractivity contribution in [3.63, 3.8) is 0 Å². The van der Waals surface area contributed by atoms with Gasteiger partial charge in [0.15, 0.2) is 0 Å². The van der Waals surface area contributed by atoms with Gasteiger partial charge in [-0.05, 0) is 34.7 Å². The maximum atomic E-state index is 11.5. The van der Waals surface area contributed by atoms with E-state index in [0.29, 0.717) is 5.56 Å². The summed E-state index contributed by atoms with van der Waals surface area (Å²) in [5.41, 5.74) is 6.02. The Hall–Kier alpha value is -3.66. The zero-order chi connectivity index (χ0) is 17.7. The Bertz CT molecular complexity index is 1200. The van der Waals surface area contributed by atoms with E-state index in [4.69, 9.17) is 0 Å². The molecule has 4 aromatic carbocycles. The summed E-state index contributed by atoms with van der Waals surface area (Å²) in [6.07, 6.45) is 0. The average molecular weight is 338 g/mol. The normalized spacial score (nSPS) is 11.7. The Balaban J connectivity index is 1.86. The van der Waals surface area contributed by atoms with Crippen LogP contribution in [0.1, 0.15) is 0 Å². The second-order valence-electron chi connectivity index (χ2n) is 6.33. The lowest BCUT2D eigenvalue weighted by molar-refractivity contribution is -0.384. The third-order valence-corrected chi connectivity index (χ3v) is 4.92. The number of fused-ring (bicyclic) bond motifs is 2. The van der Waals surface area contributed by atoms with E-state index in [0.717, 1.165) is 38.8 Å². The van der Waals surface area contributed by atoms with E-state index in [1.54, 1.807) is 12.1 Å². The van der Waals surface area contributed by atoms with Gasteiger partial charge in [-0.15, -0.1) is 0 Å². The molecular formula is C22H14N2O2. The molecule has 124 valence electrons. The molecule has 4 heteroatoms. The minimum atomic E-state index is -0.321. The minimum Gasteiger partial charge on any atom is -0.354 e. The van der Waals surface area contributed by atoms with Crippen LogP contribution in [0.5, 0.6) is 0 Å². The maximum Gasteiger partial charge on any atom is 0.277 e. The van der Waals surface area contributed by atoms with E-state index < -0.39 is 0 Å². The lowest BCUT2D eigenvalue weighted by Gasteiger charge is -2.23. The van der Waals surface area contributed by atoms with Crippen molar-refractivity contribution in [2.75, 3.05) is 5.32 Å². The topological polar surface area (TPSA) is 55.2 Å². The monoisotopic (exact) mass is 338 g/mol. The summed E-state index contributed by atoms with van der Waals surface area (Å²) in [4.78, 5) is 11.2. The Kier molecular flexibility index (Phi) is 3.06. The summed E-state index contributed by atoms with van der Waals surface area (Å²) in [7, 11) is 0. The highest BCUT2D eigenvalue weighted by atomic mass is 16.6. The zero-order valence-corrected chi connectivity index (χ0v) is 13.8. The Morgan fingerprint density at radius 3 is 2.23 bits per heavy atom. The molecule has 0 amide bonds. The summed E-state index contributed by atoms with van der Waals surface area (Å²) in [5, 5.41) is 17.1.